The van der Waals surface area contributed by atoms with Gasteiger partial charge in [-0.15, -0.1) is 0 Å². The van der Waals surface area contributed by atoms with Gasteiger partial charge in [-0.25, -0.2) is 5.21 Å². The molecule has 1 aliphatic carbocycles. The average Bonchev–Trinajstić information content (AvgIpc) is 2.83. The van der Waals surface area contributed by atoms with E-state index in [0.29, 0.717) is 5.56 Å². The van der Waals surface area contributed by atoms with E-state index in [1.54, 1.807) is 6.20 Å². The number of hydroxylamine groups is 1. The minimum Gasteiger partial charge on any atom is -0.216 e. The molecule has 118 valence electrons. The van der Waals surface area contributed by atoms with E-state index in [9.17, 15) is 10.5 Å². The Labute approximate surface area is 141 Å². The van der Waals surface area contributed by atoms with Gasteiger partial charge in [-0.2, -0.15) is 10.7 Å². The fourth-order valence-corrected chi connectivity index (χ4v) is 2.97. The first-order valence-corrected chi connectivity index (χ1v) is 7.93. The maximum absolute atomic E-state index is 9.28. The summed E-state index contributed by atoms with van der Waals surface area (Å²) in [6.45, 7) is 0. The molecule has 3 heteroatoms. The van der Waals surface area contributed by atoms with Crippen molar-refractivity contribution in [2.24, 2.45) is 0 Å². The monoisotopic (exact) mass is 315 g/mol. The highest BCUT2D eigenvalue weighted by Crippen LogP contribution is 2.27. The first kappa shape index (κ1) is 15.9. The van der Waals surface area contributed by atoms with E-state index in [0.717, 1.165) is 40.6 Å². The summed E-state index contributed by atoms with van der Waals surface area (Å²) in [5.41, 5.74) is 7.26. The van der Waals surface area contributed by atoms with E-state index < -0.39 is 0 Å². The van der Waals surface area contributed by atoms with Crippen molar-refractivity contribution in [3.05, 3.63) is 94.7 Å². The maximum Gasteiger partial charge on any atom is 0.133 e. The molecule has 0 amide bonds. The number of quaternary nitrogens is 1. The molecule has 1 aliphatic rings. The lowest BCUT2D eigenvalue weighted by molar-refractivity contribution is -0.837. The molecular formula is C21H19N2O+. The molecule has 0 aromatic heterocycles. The summed E-state index contributed by atoms with van der Waals surface area (Å²) < 4.78 is 0. The molecule has 0 unspecified atom stereocenters. The SMILES string of the molecule is N#Cc1cccc2c1C=CC/C(=C\C(=C/[NH2+]O)c1ccccc1)C2. The Balaban J connectivity index is 1.97. The van der Waals surface area contributed by atoms with Crippen LogP contribution in [0, 0.1) is 11.3 Å². The molecule has 3 rings (SSSR count). The van der Waals surface area contributed by atoms with Crippen molar-refractivity contribution >= 4 is 11.6 Å². The summed E-state index contributed by atoms with van der Waals surface area (Å²) in [6, 6.07) is 18.1. The van der Waals surface area contributed by atoms with Gasteiger partial charge in [0.05, 0.1) is 11.6 Å². The van der Waals surface area contributed by atoms with Crippen LogP contribution >= 0.6 is 0 Å². The number of allylic oxidation sites excluding steroid dienone is 4. The molecule has 0 atom stereocenters. The molecule has 0 radical (unpaired) electrons. The minimum atomic E-state index is 0.715. The summed E-state index contributed by atoms with van der Waals surface area (Å²) in [4.78, 5) is 0. The number of hydrogen-bond donors (Lipinski definition) is 2. The molecular weight excluding hydrogens is 296 g/mol. The van der Waals surface area contributed by atoms with Gasteiger partial charge in [0.25, 0.3) is 0 Å². The van der Waals surface area contributed by atoms with Crippen molar-refractivity contribution in [1.82, 2.24) is 0 Å². The summed E-state index contributed by atoms with van der Waals surface area (Å²) >= 11 is 0. The second-order valence-electron chi connectivity index (χ2n) is 5.71. The standard InChI is InChI=1S/C21H18N2O/c22-14-19-10-5-9-18-12-16(6-4-11-21(18)19)13-20(15-23-24)17-7-2-1-3-8-17/h1-5,7-11,13,15,23-24H,6,12H2/p+1/b16-13+,20-15+. The van der Waals surface area contributed by atoms with Crippen LogP contribution in [0.4, 0.5) is 0 Å². The Morgan fingerprint density at radius 3 is 2.71 bits per heavy atom. The number of hydrogen-bond acceptors (Lipinski definition) is 2. The van der Waals surface area contributed by atoms with Crippen molar-refractivity contribution in [1.29, 1.82) is 5.26 Å². The lowest BCUT2D eigenvalue weighted by atomic mass is 9.95. The number of rotatable bonds is 3. The van der Waals surface area contributed by atoms with Crippen LogP contribution in [0.1, 0.15) is 28.7 Å². The highest BCUT2D eigenvalue weighted by molar-refractivity contribution is 5.74. The van der Waals surface area contributed by atoms with Crippen LogP contribution in [0.3, 0.4) is 0 Å². The quantitative estimate of drug-likeness (QED) is 0.852. The molecule has 0 aliphatic heterocycles. The van der Waals surface area contributed by atoms with Crippen molar-refractivity contribution in [2.75, 3.05) is 0 Å². The summed E-state index contributed by atoms with van der Waals surface area (Å²) in [7, 11) is 0. The molecule has 0 fully saturated rings. The van der Waals surface area contributed by atoms with Crippen LogP contribution in [0.5, 0.6) is 0 Å². The third-order valence-electron chi connectivity index (χ3n) is 4.12. The first-order chi connectivity index (χ1) is 11.8. The molecule has 3 nitrogen and oxygen atoms in total. The van der Waals surface area contributed by atoms with Gasteiger partial charge in [-0.05, 0) is 41.7 Å². The Morgan fingerprint density at radius 1 is 1.12 bits per heavy atom. The van der Waals surface area contributed by atoms with E-state index in [4.69, 9.17) is 0 Å². The van der Waals surface area contributed by atoms with E-state index >= 15 is 0 Å². The molecule has 0 saturated carbocycles. The molecule has 0 spiro atoms. The number of fused-ring (bicyclic) bond motifs is 1. The van der Waals surface area contributed by atoms with Gasteiger partial charge in [-0.3, -0.25) is 0 Å². The topological polar surface area (TPSA) is 60.6 Å². The normalized spacial score (nSPS) is 15.7. The van der Waals surface area contributed by atoms with E-state index in [1.165, 1.54) is 5.57 Å². The zero-order valence-electron chi connectivity index (χ0n) is 13.3. The van der Waals surface area contributed by atoms with Crippen LogP contribution in [0.15, 0.2) is 72.5 Å². The predicted octanol–water partition coefficient (Wildman–Crippen LogP) is 3.44. The second kappa shape index (κ2) is 7.56. The largest absolute Gasteiger partial charge is 0.216 e. The second-order valence-corrected chi connectivity index (χ2v) is 5.71. The Bertz CT molecular complexity index is 855. The van der Waals surface area contributed by atoms with Crippen LogP contribution < -0.4 is 5.48 Å². The van der Waals surface area contributed by atoms with Gasteiger partial charge >= 0.3 is 0 Å². The van der Waals surface area contributed by atoms with Gasteiger partial charge in [0.1, 0.15) is 6.20 Å². The van der Waals surface area contributed by atoms with Crippen LogP contribution in [-0.4, -0.2) is 5.21 Å². The minimum absolute atomic E-state index is 0.715. The summed E-state index contributed by atoms with van der Waals surface area (Å²) in [6.07, 6.45) is 9.61. The highest BCUT2D eigenvalue weighted by Gasteiger charge is 2.12. The zero-order chi connectivity index (χ0) is 16.8. The molecule has 0 heterocycles. The third kappa shape index (κ3) is 3.52. The Kier molecular flexibility index (Phi) is 5.02. The lowest BCUT2D eigenvalue weighted by Crippen LogP contribution is -2.73. The molecule has 0 bridgehead atoms. The smallest absolute Gasteiger partial charge is 0.133 e. The van der Waals surface area contributed by atoms with Gasteiger partial charge in [0.15, 0.2) is 0 Å². The predicted molar refractivity (Wildman–Crippen MR) is 94.7 cm³/mol. The van der Waals surface area contributed by atoms with Crippen molar-refractivity contribution < 1.29 is 10.7 Å². The molecule has 3 N–H and O–H groups in total. The summed E-state index contributed by atoms with van der Waals surface area (Å²) in [5, 5.41) is 18.5. The first-order valence-electron chi connectivity index (χ1n) is 7.93. The van der Waals surface area contributed by atoms with Gasteiger partial charge in [0.2, 0.25) is 0 Å². The van der Waals surface area contributed by atoms with Crippen molar-refractivity contribution in [3.8, 4) is 6.07 Å². The molecule has 2 aromatic rings. The highest BCUT2D eigenvalue weighted by atomic mass is 16.5. The Hall–Kier alpha value is -2.93. The van der Waals surface area contributed by atoms with Gasteiger partial charge < -0.3 is 0 Å². The van der Waals surface area contributed by atoms with E-state index in [2.05, 4.69) is 24.3 Å². The maximum atomic E-state index is 9.28. The van der Waals surface area contributed by atoms with Crippen molar-refractivity contribution in [3.63, 3.8) is 0 Å². The molecule has 2 aromatic carbocycles. The molecule has 24 heavy (non-hydrogen) atoms. The zero-order valence-corrected chi connectivity index (χ0v) is 13.3. The fourth-order valence-electron chi connectivity index (χ4n) is 2.97. The van der Waals surface area contributed by atoms with Crippen LogP contribution in [0.2, 0.25) is 0 Å². The fraction of sp³-hybridized carbons (Fsp3) is 0.0952. The van der Waals surface area contributed by atoms with E-state index in [1.807, 2.05) is 48.5 Å². The number of nitriles is 1. The number of benzene rings is 2. The third-order valence-corrected chi connectivity index (χ3v) is 4.12. The number of nitrogens with zero attached hydrogens (tertiary/aromatic N) is 1. The van der Waals surface area contributed by atoms with E-state index in [-0.39, 0.29) is 0 Å². The van der Waals surface area contributed by atoms with Gasteiger partial charge in [0, 0.05) is 5.57 Å². The number of nitrogens with two attached hydrogens (primary N) is 1. The molecule has 0 saturated heterocycles. The van der Waals surface area contributed by atoms with Crippen LogP contribution in [-0.2, 0) is 6.42 Å². The summed E-state index contributed by atoms with van der Waals surface area (Å²) in [5.74, 6) is 0. The Morgan fingerprint density at radius 2 is 1.96 bits per heavy atom. The lowest BCUT2D eigenvalue weighted by Gasteiger charge is -2.08. The average molecular weight is 315 g/mol. The van der Waals surface area contributed by atoms with Crippen molar-refractivity contribution in [2.45, 2.75) is 12.8 Å². The van der Waals surface area contributed by atoms with Gasteiger partial charge in [-0.1, -0.05) is 60.2 Å². The van der Waals surface area contributed by atoms with Crippen LogP contribution in [0.25, 0.3) is 11.6 Å².